The van der Waals surface area contributed by atoms with Gasteiger partial charge in [-0.25, -0.2) is 0 Å². The van der Waals surface area contributed by atoms with E-state index in [9.17, 15) is 4.79 Å². The van der Waals surface area contributed by atoms with Gasteiger partial charge in [-0.2, -0.15) is 0 Å². The Kier molecular flexibility index (Phi) is 5.53. The molecule has 0 heterocycles. The number of hydrogen-bond donors (Lipinski definition) is 1. The second-order valence-electron chi connectivity index (χ2n) is 3.46. The Bertz CT molecular complexity index is 313. The van der Waals surface area contributed by atoms with E-state index in [2.05, 4.69) is 0 Å². The Labute approximate surface area is 95.3 Å². The number of methoxy groups -OCH3 is 1. The van der Waals surface area contributed by atoms with Crippen LogP contribution >= 0.6 is 0 Å². The first-order valence-corrected chi connectivity index (χ1v) is 5.19. The summed E-state index contributed by atoms with van der Waals surface area (Å²) < 4.78 is 9.70. The summed E-state index contributed by atoms with van der Waals surface area (Å²) in [6.07, 6.45) is 0.493. The van der Waals surface area contributed by atoms with Crippen LogP contribution in [0.2, 0.25) is 0 Å². The molecule has 0 unspecified atom stereocenters. The molecule has 0 radical (unpaired) electrons. The van der Waals surface area contributed by atoms with Crippen LogP contribution in [0.25, 0.3) is 0 Å². The molecule has 0 spiro atoms. The molecular weight excluding hydrogens is 206 g/mol. The third-order valence-electron chi connectivity index (χ3n) is 2.13. The van der Waals surface area contributed by atoms with Gasteiger partial charge in [0, 0.05) is 7.11 Å². The van der Waals surface area contributed by atoms with E-state index in [1.807, 2.05) is 30.3 Å². The minimum Gasteiger partial charge on any atom is -0.462 e. The van der Waals surface area contributed by atoms with Gasteiger partial charge >= 0.3 is 5.97 Å². The lowest BCUT2D eigenvalue weighted by molar-refractivity contribution is -0.146. The maximum atomic E-state index is 11.4. The molecule has 0 aromatic heterocycles. The summed E-state index contributed by atoms with van der Waals surface area (Å²) in [6, 6.07) is 9.01. The van der Waals surface area contributed by atoms with Gasteiger partial charge in [-0.05, 0) is 12.0 Å². The Morgan fingerprint density at radius 1 is 1.31 bits per heavy atom. The predicted octanol–water partition coefficient (Wildman–Crippen LogP) is 0.746. The number of hydrogen-bond acceptors (Lipinski definition) is 4. The van der Waals surface area contributed by atoms with Gasteiger partial charge in [0.1, 0.15) is 12.6 Å². The molecule has 0 aliphatic rings. The third-order valence-corrected chi connectivity index (χ3v) is 2.13. The zero-order chi connectivity index (χ0) is 11.8. The van der Waals surface area contributed by atoms with Gasteiger partial charge in [0.2, 0.25) is 0 Å². The number of esters is 1. The van der Waals surface area contributed by atoms with Crippen molar-refractivity contribution in [3.8, 4) is 0 Å². The summed E-state index contributed by atoms with van der Waals surface area (Å²) in [6.45, 7) is 0.640. The van der Waals surface area contributed by atoms with Crippen LogP contribution in [0.1, 0.15) is 5.56 Å². The maximum absolute atomic E-state index is 11.4. The number of carbonyl (C=O) groups excluding carboxylic acids is 1. The van der Waals surface area contributed by atoms with Crippen LogP contribution in [0.5, 0.6) is 0 Å². The van der Waals surface area contributed by atoms with Crippen LogP contribution in [0.15, 0.2) is 30.3 Å². The first kappa shape index (κ1) is 12.7. The zero-order valence-electron chi connectivity index (χ0n) is 9.39. The van der Waals surface area contributed by atoms with Gasteiger partial charge < -0.3 is 15.2 Å². The lowest BCUT2D eigenvalue weighted by atomic mass is 10.1. The molecule has 0 saturated carbocycles. The molecule has 0 fully saturated rings. The summed E-state index contributed by atoms with van der Waals surface area (Å²) in [5.74, 6) is -0.388. The molecule has 0 aliphatic heterocycles. The number of carbonyl (C=O) groups is 1. The molecule has 1 rings (SSSR count). The normalized spacial score (nSPS) is 12.1. The zero-order valence-corrected chi connectivity index (χ0v) is 9.39. The van der Waals surface area contributed by atoms with Gasteiger partial charge in [-0.15, -0.1) is 0 Å². The van der Waals surface area contributed by atoms with E-state index in [0.29, 0.717) is 13.0 Å². The lowest BCUT2D eigenvalue weighted by Crippen LogP contribution is -2.34. The van der Waals surface area contributed by atoms with Crippen LogP contribution in [0.4, 0.5) is 0 Å². The highest BCUT2D eigenvalue weighted by Crippen LogP contribution is 2.02. The van der Waals surface area contributed by atoms with Crippen LogP contribution < -0.4 is 5.73 Å². The Morgan fingerprint density at radius 2 is 2.00 bits per heavy atom. The highest BCUT2D eigenvalue weighted by atomic mass is 16.6. The lowest BCUT2D eigenvalue weighted by Gasteiger charge is -2.11. The first-order valence-electron chi connectivity index (χ1n) is 5.19. The fraction of sp³-hybridized carbons (Fsp3) is 0.417. The monoisotopic (exact) mass is 223 g/mol. The molecule has 2 N–H and O–H groups in total. The number of nitrogens with two attached hydrogens (primary N) is 1. The number of rotatable bonds is 6. The summed E-state index contributed by atoms with van der Waals surface area (Å²) in [4.78, 5) is 11.4. The Balaban J connectivity index is 2.34. The van der Waals surface area contributed by atoms with E-state index >= 15 is 0 Å². The maximum Gasteiger partial charge on any atom is 0.323 e. The molecule has 88 valence electrons. The third kappa shape index (κ3) is 4.42. The van der Waals surface area contributed by atoms with Gasteiger partial charge in [-0.3, -0.25) is 4.79 Å². The van der Waals surface area contributed by atoms with Crippen LogP contribution in [-0.4, -0.2) is 32.3 Å². The van der Waals surface area contributed by atoms with E-state index in [1.54, 1.807) is 7.11 Å². The average molecular weight is 223 g/mol. The van der Waals surface area contributed by atoms with Crippen molar-refractivity contribution in [2.45, 2.75) is 12.5 Å². The number of ether oxygens (including phenoxy) is 2. The molecule has 16 heavy (non-hydrogen) atoms. The van der Waals surface area contributed by atoms with Crippen molar-refractivity contribution in [3.63, 3.8) is 0 Å². The van der Waals surface area contributed by atoms with Crippen molar-refractivity contribution in [3.05, 3.63) is 35.9 Å². The highest BCUT2D eigenvalue weighted by Gasteiger charge is 2.15. The largest absolute Gasteiger partial charge is 0.462 e. The van der Waals surface area contributed by atoms with E-state index in [0.717, 1.165) is 5.56 Å². The van der Waals surface area contributed by atoms with Crippen molar-refractivity contribution in [2.75, 3.05) is 20.3 Å². The molecule has 1 atom stereocenters. The van der Waals surface area contributed by atoms with Gasteiger partial charge in [0.25, 0.3) is 0 Å². The fourth-order valence-electron chi connectivity index (χ4n) is 1.28. The molecule has 1 aromatic rings. The van der Waals surface area contributed by atoms with Crippen LogP contribution in [0, 0.1) is 0 Å². The van der Waals surface area contributed by atoms with E-state index in [4.69, 9.17) is 15.2 Å². The molecule has 1 aromatic carbocycles. The molecule has 4 nitrogen and oxygen atoms in total. The van der Waals surface area contributed by atoms with Gasteiger partial charge in [0.15, 0.2) is 0 Å². The molecule has 4 heteroatoms. The van der Waals surface area contributed by atoms with Crippen molar-refractivity contribution >= 4 is 5.97 Å². The van der Waals surface area contributed by atoms with Crippen molar-refractivity contribution < 1.29 is 14.3 Å². The van der Waals surface area contributed by atoms with Gasteiger partial charge in [-0.1, -0.05) is 30.3 Å². The van der Waals surface area contributed by atoms with Crippen molar-refractivity contribution in [2.24, 2.45) is 5.73 Å². The summed E-state index contributed by atoms with van der Waals surface area (Å²) in [7, 11) is 1.55. The molecule has 0 aliphatic carbocycles. The molecule has 0 bridgehead atoms. The van der Waals surface area contributed by atoms with Gasteiger partial charge in [0.05, 0.1) is 6.61 Å². The minimum atomic E-state index is -0.612. The summed E-state index contributed by atoms with van der Waals surface area (Å²) >= 11 is 0. The highest BCUT2D eigenvalue weighted by molar-refractivity contribution is 5.75. The topological polar surface area (TPSA) is 61.5 Å². The standard InChI is InChI=1S/C12H17NO3/c1-15-7-8-16-12(14)11(13)9-10-5-3-2-4-6-10/h2-6,11H,7-9,13H2,1H3/t11-/m0/s1. The molecule has 0 saturated heterocycles. The summed E-state index contributed by atoms with van der Waals surface area (Å²) in [5, 5.41) is 0. The smallest absolute Gasteiger partial charge is 0.323 e. The van der Waals surface area contributed by atoms with Crippen LogP contribution in [-0.2, 0) is 20.7 Å². The van der Waals surface area contributed by atoms with Crippen LogP contribution in [0.3, 0.4) is 0 Å². The van der Waals surface area contributed by atoms with Crippen molar-refractivity contribution in [1.29, 1.82) is 0 Å². The SMILES string of the molecule is COCCOC(=O)[C@@H](N)Cc1ccccc1. The fourth-order valence-corrected chi connectivity index (χ4v) is 1.28. The number of benzene rings is 1. The molecule has 0 amide bonds. The predicted molar refractivity (Wildman–Crippen MR) is 61.0 cm³/mol. The van der Waals surface area contributed by atoms with E-state index in [-0.39, 0.29) is 12.6 Å². The molecular formula is C12H17NO3. The quantitative estimate of drug-likeness (QED) is 0.571. The van der Waals surface area contributed by atoms with E-state index in [1.165, 1.54) is 0 Å². The Morgan fingerprint density at radius 3 is 2.62 bits per heavy atom. The average Bonchev–Trinajstić information content (AvgIpc) is 2.30. The summed E-state index contributed by atoms with van der Waals surface area (Å²) in [5.41, 5.74) is 6.74. The Hall–Kier alpha value is -1.39. The van der Waals surface area contributed by atoms with E-state index < -0.39 is 6.04 Å². The second kappa shape index (κ2) is 6.98. The second-order valence-corrected chi connectivity index (χ2v) is 3.46. The van der Waals surface area contributed by atoms with Crippen molar-refractivity contribution in [1.82, 2.24) is 0 Å². The first-order chi connectivity index (χ1) is 7.74. The minimum absolute atomic E-state index is 0.248.